The van der Waals surface area contributed by atoms with E-state index < -0.39 is 18.6 Å². The Morgan fingerprint density at radius 3 is 2.25 bits per heavy atom. The Morgan fingerprint density at radius 2 is 1.80 bits per heavy atom. The van der Waals surface area contributed by atoms with Crippen LogP contribution in [0.5, 0.6) is 0 Å². The third kappa shape index (κ3) is 5.66. The summed E-state index contributed by atoms with van der Waals surface area (Å²) in [5.74, 6) is -0.419. The van der Waals surface area contributed by atoms with Crippen LogP contribution in [0.2, 0.25) is 0 Å². The molecule has 0 aromatic heterocycles. The Morgan fingerprint density at radius 1 is 1.25 bits per heavy atom. The molecule has 20 heavy (non-hydrogen) atoms. The maximum atomic E-state index is 12.7. The van der Waals surface area contributed by atoms with Crippen LogP contribution >= 0.6 is 0 Å². The SMILES string of the molecule is CCC(CC)N(CC(F)(F)F)C(=O)CN1CCNCC1. The van der Waals surface area contributed by atoms with Gasteiger partial charge in [0.05, 0.1) is 6.54 Å². The van der Waals surface area contributed by atoms with Crippen LogP contribution in [0.15, 0.2) is 0 Å². The van der Waals surface area contributed by atoms with Crippen molar-refractivity contribution in [1.82, 2.24) is 15.1 Å². The molecular formula is C13H24F3N3O. The van der Waals surface area contributed by atoms with Gasteiger partial charge in [0, 0.05) is 32.2 Å². The van der Waals surface area contributed by atoms with Crippen LogP contribution in [-0.4, -0.2) is 67.2 Å². The van der Waals surface area contributed by atoms with E-state index in [1.807, 2.05) is 18.7 Å². The molecule has 7 heteroatoms. The van der Waals surface area contributed by atoms with Crippen LogP contribution in [0.25, 0.3) is 0 Å². The summed E-state index contributed by atoms with van der Waals surface area (Å²) in [5, 5.41) is 3.15. The summed E-state index contributed by atoms with van der Waals surface area (Å²) in [6.07, 6.45) is -3.26. The topological polar surface area (TPSA) is 35.6 Å². The van der Waals surface area contributed by atoms with E-state index in [2.05, 4.69) is 5.32 Å². The highest BCUT2D eigenvalue weighted by Crippen LogP contribution is 2.20. The zero-order valence-electron chi connectivity index (χ0n) is 12.2. The second-order valence-electron chi connectivity index (χ2n) is 5.13. The summed E-state index contributed by atoms with van der Waals surface area (Å²) >= 11 is 0. The Balaban J connectivity index is 2.67. The molecule has 0 aliphatic carbocycles. The fourth-order valence-electron chi connectivity index (χ4n) is 2.49. The largest absolute Gasteiger partial charge is 0.406 e. The van der Waals surface area contributed by atoms with Gasteiger partial charge in [-0.1, -0.05) is 13.8 Å². The number of piperazine rings is 1. The predicted molar refractivity (Wildman–Crippen MR) is 71.4 cm³/mol. The lowest BCUT2D eigenvalue weighted by atomic mass is 10.1. The molecule has 0 radical (unpaired) electrons. The monoisotopic (exact) mass is 295 g/mol. The highest BCUT2D eigenvalue weighted by atomic mass is 19.4. The van der Waals surface area contributed by atoms with Crippen LogP contribution < -0.4 is 5.32 Å². The third-order valence-electron chi connectivity index (χ3n) is 3.62. The van der Waals surface area contributed by atoms with Gasteiger partial charge in [-0.2, -0.15) is 13.2 Å². The number of halogens is 3. The maximum Gasteiger partial charge on any atom is 0.406 e. The average molecular weight is 295 g/mol. The first kappa shape index (κ1) is 17.2. The highest BCUT2D eigenvalue weighted by Gasteiger charge is 2.35. The summed E-state index contributed by atoms with van der Waals surface area (Å²) in [6.45, 7) is 5.52. The molecule has 1 amide bonds. The van der Waals surface area contributed by atoms with Crippen molar-refractivity contribution in [2.45, 2.75) is 38.9 Å². The van der Waals surface area contributed by atoms with Gasteiger partial charge in [0.15, 0.2) is 0 Å². The number of nitrogens with one attached hydrogen (secondary N) is 1. The molecule has 1 rings (SSSR count). The van der Waals surface area contributed by atoms with Crippen LogP contribution in [0.1, 0.15) is 26.7 Å². The van der Waals surface area contributed by atoms with Gasteiger partial charge < -0.3 is 10.2 Å². The first-order valence-electron chi connectivity index (χ1n) is 7.16. The van der Waals surface area contributed by atoms with Crippen molar-refractivity contribution >= 4 is 5.91 Å². The van der Waals surface area contributed by atoms with Crippen LogP contribution in [0.3, 0.4) is 0 Å². The van der Waals surface area contributed by atoms with Gasteiger partial charge in [0.2, 0.25) is 5.91 Å². The summed E-state index contributed by atoms with van der Waals surface area (Å²) in [5.41, 5.74) is 0. The summed E-state index contributed by atoms with van der Waals surface area (Å²) in [4.78, 5) is 15.1. The molecule has 1 aliphatic heterocycles. The second-order valence-corrected chi connectivity index (χ2v) is 5.13. The quantitative estimate of drug-likeness (QED) is 0.806. The van der Waals surface area contributed by atoms with Crippen molar-refractivity contribution in [3.05, 3.63) is 0 Å². The van der Waals surface area contributed by atoms with Crippen molar-refractivity contribution < 1.29 is 18.0 Å². The highest BCUT2D eigenvalue weighted by molar-refractivity contribution is 5.78. The molecule has 1 saturated heterocycles. The lowest BCUT2D eigenvalue weighted by Gasteiger charge is -2.34. The summed E-state index contributed by atoms with van der Waals surface area (Å²) in [6, 6.07) is -0.341. The number of alkyl halides is 3. The summed E-state index contributed by atoms with van der Waals surface area (Å²) < 4.78 is 38.0. The van der Waals surface area contributed by atoms with Crippen molar-refractivity contribution in [1.29, 1.82) is 0 Å². The van der Waals surface area contributed by atoms with Gasteiger partial charge in [0.25, 0.3) is 0 Å². The average Bonchev–Trinajstić information content (AvgIpc) is 2.38. The fraction of sp³-hybridized carbons (Fsp3) is 0.923. The molecule has 1 aliphatic rings. The molecule has 1 N–H and O–H groups in total. The van der Waals surface area contributed by atoms with E-state index in [0.717, 1.165) is 18.0 Å². The molecule has 0 saturated carbocycles. The van der Waals surface area contributed by atoms with E-state index in [-0.39, 0.29) is 12.6 Å². The van der Waals surface area contributed by atoms with Gasteiger partial charge in [0.1, 0.15) is 6.54 Å². The third-order valence-corrected chi connectivity index (χ3v) is 3.62. The number of rotatable bonds is 6. The van der Waals surface area contributed by atoms with E-state index in [9.17, 15) is 18.0 Å². The first-order valence-corrected chi connectivity index (χ1v) is 7.16. The Bertz CT molecular complexity index is 300. The van der Waals surface area contributed by atoms with Gasteiger partial charge in [-0.05, 0) is 12.8 Å². The van der Waals surface area contributed by atoms with Gasteiger partial charge in [-0.25, -0.2) is 0 Å². The Labute approximate surface area is 118 Å². The molecule has 0 aromatic rings. The molecule has 0 spiro atoms. The number of nitrogens with zero attached hydrogens (tertiary/aromatic N) is 2. The minimum absolute atomic E-state index is 0.0776. The zero-order chi connectivity index (χ0) is 15.2. The molecule has 0 unspecified atom stereocenters. The zero-order valence-corrected chi connectivity index (χ0v) is 12.2. The van der Waals surface area contributed by atoms with Crippen LogP contribution in [0.4, 0.5) is 13.2 Å². The summed E-state index contributed by atoms with van der Waals surface area (Å²) in [7, 11) is 0. The maximum absolute atomic E-state index is 12.7. The minimum atomic E-state index is -4.35. The van der Waals surface area contributed by atoms with Crippen molar-refractivity contribution in [2.24, 2.45) is 0 Å². The molecule has 4 nitrogen and oxygen atoms in total. The second kappa shape index (κ2) is 7.83. The number of hydrogen-bond acceptors (Lipinski definition) is 3. The van der Waals surface area contributed by atoms with E-state index in [1.54, 1.807) is 0 Å². The lowest BCUT2D eigenvalue weighted by molar-refractivity contribution is -0.166. The van der Waals surface area contributed by atoms with E-state index in [0.29, 0.717) is 25.9 Å². The van der Waals surface area contributed by atoms with Crippen molar-refractivity contribution in [3.8, 4) is 0 Å². The normalized spacial score (nSPS) is 17.5. The lowest BCUT2D eigenvalue weighted by Crippen LogP contribution is -2.52. The number of amides is 1. The van der Waals surface area contributed by atoms with E-state index >= 15 is 0 Å². The van der Waals surface area contributed by atoms with E-state index in [1.165, 1.54) is 0 Å². The van der Waals surface area contributed by atoms with Crippen molar-refractivity contribution in [3.63, 3.8) is 0 Å². The standard InChI is InChI=1S/C13H24F3N3O/c1-3-11(4-2)19(10-13(14,15)16)12(20)9-18-7-5-17-6-8-18/h11,17H,3-10H2,1-2H3. The molecule has 1 fully saturated rings. The predicted octanol–water partition coefficient (Wildman–Crippen LogP) is 1.47. The Kier molecular flexibility index (Phi) is 6.75. The van der Waals surface area contributed by atoms with Gasteiger partial charge >= 0.3 is 6.18 Å². The molecule has 0 aromatic carbocycles. The number of carbonyl (C=O) groups excluding carboxylic acids is 1. The fourth-order valence-corrected chi connectivity index (χ4v) is 2.49. The smallest absolute Gasteiger partial charge is 0.330 e. The molecule has 118 valence electrons. The van der Waals surface area contributed by atoms with Crippen LogP contribution in [-0.2, 0) is 4.79 Å². The van der Waals surface area contributed by atoms with Gasteiger partial charge in [-0.3, -0.25) is 9.69 Å². The molecule has 0 bridgehead atoms. The molecule has 0 atom stereocenters. The van der Waals surface area contributed by atoms with Gasteiger partial charge in [-0.15, -0.1) is 0 Å². The van der Waals surface area contributed by atoms with Crippen LogP contribution in [0, 0.1) is 0 Å². The first-order chi connectivity index (χ1) is 9.37. The molecule has 1 heterocycles. The Hall–Kier alpha value is -0.820. The number of carbonyl (C=O) groups is 1. The molecular weight excluding hydrogens is 271 g/mol. The van der Waals surface area contributed by atoms with Crippen molar-refractivity contribution in [2.75, 3.05) is 39.3 Å². The number of hydrogen-bond donors (Lipinski definition) is 1. The minimum Gasteiger partial charge on any atom is -0.330 e. The van der Waals surface area contributed by atoms with E-state index in [4.69, 9.17) is 0 Å².